The summed E-state index contributed by atoms with van der Waals surface area (Å²) in [5, 5.41) is 29.0. The van der Waals surface area contributed by atoms with Gasteiger partial charge in [-0.15, -0.1) is 11.3 Å². The van der Waals surface area contributed by atoms with E-state index in [1.807, 2.05) is 18.4 Å². The Morgan fingerprint density at radius 1 is 1.17 bits per heavy atom. The molecule has 0 aliphatic carbocycles. The molecule has 0 spiro atoms. The molecule has 36 heavy (non-hydrogen) atoms. The van der Waals surface area contributed by atoms with Crippen molar-refractivity contribution in [1.29, 1.82) is 0 Å². The molecule has 0 aliphatic rings. The number of carboxylic acid groups (broad SMARTS) is 1. The van der Waals surface area contributed by atoms with E-state index in [0.29, 0.717) is 39.9 Å². The number of nitrogens with zero attached hydrogens (tertiary/aromatic N) is 4. The normalized spacial score (nSPS) is 10.9. The molecular formula is C21H22N8O5S2. The van der Waals surface area contributed by atoms with Gasteiger partial charge in [-0.1, -0.05) is 35.1 Å². The van der Waals surface area contributed by atoms with Gasteiger partial charge >= 0.3 is 6.09 Å². The van der Waals surface area contributed by atoms with E-state index in [-0.39, 0.29) is 41.8 Å². The van der Waals surface area contributed by atoms with Crippen LogP contribution >= 0.6 is 23.1 Å². The summed E-state index contributed by atoms with van der Waals surface area (Å²) in [7, 11) is 0. The number of carbonyl (C=O) groups is 2. The average Bonchev–Trinajstić information content (AvgIpc) is 3.50. The number of benzene rings is 1. The van der Waals surface area contributed by atoms with E-state index in [0.717, 1.165) is 5.39 Å². The second kappa shape index (κ2) is 11.6. The van der Waals surface area contributed by atoms with Gasteiger partial charge in [0, 0.05) is 31.3 Å². The first-order chi connectivity index (χ1) is 17.4. The molecule has 0 saturated carbocycles. The molecule has 0 radical (unpaired) electrons. The van der Waals surface area contributed by atoms with Crippen molar-refractivity contribution >= 4 is 57.5 Å². The third-order valence-corrected chi connectivity index (χ3v) is 6.95. The standard InChI is InChI=1S/C21H22N8O5S2/c1-35-21-26-17(25-20(32)33)15(36-21)18-24-14(34-29-18)8-7-13(30)22-9-4-10-23-16-11-5-2-3-6-12(11)19(31)28-27-16/h2-3,5-6,25H,4,7-10H2,1H3,(H,22,30)(H,23,27)(H,28,31)(H,32,33). The Hall–Kier alpha value is -3.98. The Bertz CT molecular complexity index is 1430. The molecule has 0 atom stereocenters. The van der Waals surface area contributed by atoms with Crippen LogP contribution in [0.1, 0.15) is 18.7 Å². The highest BCUT2D eigenvalue weighted by atomic mass is 32.2. The van der Waals surface area contributed by atoms with Gasteiger partial charge in [-0.3, -0.25) is 14.9 Å². The van der Waals surface area contributed by atoms with Crippen LogP contribution in [0, 0.1) is 0 Å². The number of aryl methyl sites for hydroxylation is 1. The molecule has 13 nitrogen and oxygen atoms in total. The zero-order valence-electron chi connectivity index (χ0n) is 19.0. The van der Waals surface area contributed by atoms with Gasteiger partial charge < -0.3 is 20.3 Å². The second-order valence-corrected chi connectivity index (χ2v) is 9.43. The van der Waals surface area contributed by atoms with Crippen LogP contribution in [-0.2, 0) is 11.2 Å². The smallest absolute Gasteiger partial charge is 0.410 e. The largest absolute Gasteiger partial charge is 0.465 e. The van der Waals surface area contributed by atoms with Gasteiger partial charge in [-0.2, -0.15) is 10.1 Å². The maximum absolute atomic E-state index is 12.2. The number of aromatic nitrogens is 5. The lowest BCUT2D eigenvalue weighted by molar-refractivity contribution is -0.121. The molecule has 5 N–H and O–H groups in total. The van der Waals surface area contributed by atoms with Gasteiger partial charge in [0.25, 0.3) is 5.56 Å². The van der Waals surface area contributed by atoms with E-state index in [9.17, 15) is 14.4 Å². The van der Waals surface area contributed by atoms with Gasteiger partial charge in [0.2, 0.25) is 17.6 Å². The molecule has 15 heteroatoms. The van der Waals surface area contributed by atoms with Gasteiger partial charge in [0.1, 0.15) is 4.88 Å². The van der Waals surface area contributed by atoms with Gasteiger partial charge in [0.15, 0.2) is 16.0 Å². The average molecular weight is 531 g/mol. The number of fused-ring (bicyclic) bond motifs is 1. The van der Waals surface area contributed by atoms with E-state index in [1.165, 1.54) is 23.1 Å². The van der Waals surface area contributed by atoms with E-state index in [4.69, 9.17) is 9.63 Å². The minimum Gasteiger partial charge on any atom is -0.465 e. The molecule has 2 amide bonds. The molecule has 188 valence electrons. The highest BCUT2D eigenvalue weighted by Crippen LogP contribution is 2.36. The SMILES string of the molecule is CSc1nc(NC(=O)O)c(-c2noc(CCC(=O)NCCCNc3n[nH]c(=O)c4ccccc34)n2)s1. The lowest BCUT2D eigenvalue weighted by Crippen LogP contribution is -2.26. The number of hydrogen-bond donors (Lipinski definition) is 5. The lowest BCUT2D eigenvalue weighted by atomic mass is 10.2. The van der Waals surface area contributed by atoms with Crippen molar-refractivity contribution in [2.45, 2.75) is 23.6 Å². The predicted octanol–water partition coefficient (Wildman–Crippen LogP) is 2.79. The highest BCUT2D eigenvalue weighted by molar-refractivity contribution is 8.00. The van der Waals surface area contributed by atoms with E-state index >= 15 is 0 Å². The number of H-pyrrole nitrogens is 1. The summed E-state index contributed by atoms with van der Waals surface area (Å²) >= 11 is 2.61. The number of thioether (sulfide) groups is 1. The summed E-state index contributed by atoms with van der Waals surface area (Å²) in [6, 6.07) is 7.19. The molecule has 0 fully saturated rings. The van der Waals surface area contributed by atoms with Crippen LogP contribution in [0.5, 0.6) is 0 Å². The van der Waals surface area contributed by atoms with Crippen LogP contribution in [0.4, 0.5) is 16.4 Å². The Labute approximate surface area is 212 Å². The summed E-state index contributed by atoms with van der Waals surface area (Å²) in [4.78, 5) is 44.0. The first-order valence-electron chi connectivity index (χ1n) is 10.8. The predicted molar refractivity (Wildman–Crippen MR) is 136 cm³/mol. The number of hydrogen-bond acceptors (Lipinski definition) is 11. The topological polar surface area (TPSA) is 188 Å². The van der Waals surface area contributed by atoms with Crippen molar-refractivity contribution in [2.24, 2.45) is 0 Å². The van der Waals surface area contributed by atoms with Crippen LogP contribution in [0.25, 0.3) is 21.5 Å². The molecule has 0 saturated heterocycles. The monoisotopic (exact) mass is 530 g/mol. The first-order valence-corrected chi connectivity index (χ1v) is 12.8. The summed E-state index contributed by atoms with van der Waals surface area (Å²) in [5.74, 6) is 1.02. The molecule has 0 unspecified atom stereocenters. The van der Waals surface area contributed by atoms with Crippen LogP contribution < -0.4 is 21.5 Å². The third-order valence-electron chi connectivity index (χ3n) is 4.91. The van der Waals surface area contributed by atoms with Gasteiger partial charge in [-0.05, 0) is 18.7 Å². The third kappa shape index (κ3) is 6.17. The molecule has 0 aliphatic heterocycles. The molecule has 4 rings (SSSR count). The van der Waals surface area contributed by atoms with Crippen molar-refractivity contribution < 1.29 is 19.2 Å². The first kappa shape index (κ1) is 25.1. The lowest BCUT2D eigenvalue weighted by Gasteiger charge is -2.08. The van der Waals surface area contributed by atoms with Crippen LogP contribution in [0.3, 0.4) is 0 Å². The highest BCUT2D eigenvalue weighted by Gasteiger charge is 2.20. The zero-order valence-corrected chi connectivity index (χ0v) is 20.7. The van der Waals surface area contributed by atoms with Crippen molar-refractivity contribution in [2.75, 3.05) is 30.0 Å². The number of anilines is 2. The summed E-state index contributed by atoms with van der Waals surface area (Å²) in [5.41, 5.74) is -0.245. The van der Waals surface area contributed by atoms with E-state index in [2.05, 4.69) is 41.3 Å². The fourth-order valence-electron chi connectivity index (χ4n) is 3.26. The summed E-state index contributed by atoms with van der Waals surface area (Å²) in [6.07, 6.45) is 1.62. The van der Waals surface area contributed by atoms with Gasteiger partial charge in [-0.25, -0.2) is 14.9 Å². The summed E-state index contributed by atoms with van der Waals surface area (Å²) < 4.78 is 5.87. The molecule has 1 aromatic carbocycles. The molecule has 0 bridgehead atoms. The fraction of sp³-hybridized carbons (Fsp3) is 0.286. The number of thiazole rings is 1. The Morgan fingerprint density at radius 3 is 2.75 bits per heavy atom. The molecule has 3 heterocycles. The molecule has 3 aromatic heterocycles. The van der Waals surface area contributed by atoms with Crippen LogP contribution in [-0.4, -0.2) is 61.8 Å². The van der Waals surface area contributed by atoms with Crippen molar-refractivity contribution in [1.82, 2.24) is 30.6 Å². The molecular weight excluding hydrogens is 508 g/mol. The number of amides is 2. The second-order valence-electron chi connectivity index (χ2n) is 7.38. The van der Waals surface area contributed by atoms with Gasteiger partial charge in [0.05, 0.1) is 5.39 Å². The minimum absolute atomic E-state index is 0.139. The van der Waals surface area contributed by atoms with Crippen molar-refractivity contribution in [3.05, 3.63) is 40.5 Å². The van der Waals surface area contributed by atoms with Crippen LogP contribution in [0.2, 0.25) is 0 Å². The maximum Gasteiger partial charge on any atom is 0.410 e. The number of carbonyl (C=O) groups excluding carboxylic acids is 1. The number of nitrogens with one attached hydrogen (secondary N) is 4. The zero-order chi connectivity index (χ0) is 25.5. The minimum atomic E-state index is -1.24. The van der Waals surface area contributed by atoms with Crippen LogP contribution in [0.15, 0.2) is 37.9 Å². The maximum atomic E-state index is 12.2. The number of rotatable bonds is 11. The Kier molecular flexibility index (Phi) is 8.12. The Balaban J connectivity index is 1.22. The van der Waals surface area contributed by atoms with Crippen molar-refractivity contribution in [3.63, 3.8) is 0 Å². The number of aromatic amines is 1. The fourth-order valence-corrected chi connectivity index (χ4v) is 4.70. The quantitative estimate of drug-likeness (QED) is 0.142. The van der Waals surface area contributed by atoms with Crippen molar-refractivity contribution in [3.8, 4) is 10.7 Å². The molecule has 4 aromatic rings. The summed E-state index contributed by atoms with van der Waals surface area (Å²) in [6.45, 7) is 1.00. The van der Waals surface area contributed by atoms with E-state index in [1.54, 1.807) is 12.1 Å². The Morgan fingerprint density at radius 2 is 1.97 bits per heavy atom. The van der Waals surface area contributed by atoms with E-state index < -0.39 is 6.09 Å².